The Balaban J connectivity index is 1.47. The van der Waals surface area contributed by atoms with Gasteiger partial charge in [-0.15, -0.1) is 10.2 Å². The summed E-state index contributed by atoms with van der Waals surface area (Å²) in [5.74, 6) is 0.184. The van der Waals surface area contributed by atoms with E-state index in [1.807, 2.05) is 54.6 Å². The van der Waals surface area contributed by atoms with Crippen LogP contribution < -0.4 is 10.1 Å². The average molecular weight is 412 g/mol. The quantitative estimate of drug-likeness (QED) is 0.481. The van der Waals surface area contributed by atoms with Crippen molar-refractivity contribution in [3.63, 3.8) is 0 Å². The zero-order valence-electron chi connectivity index (χ0n) is 17.8. The maximum Gasteiger partial charge on any atom is 0.258 e. The van der Waals surface area contributed by atoms with Crippen LogP contribution in [0.15, 0.2) is 72.8 Å². The lowest BCUT2D eigenvalue weighted by Gasteiger charge is -2.12. The van der Waals surface area contributed by atoms with Crippen molar-refractivity contribution in [2.24, 2.45) is 0 Å². The van der Waals surface area contributed by atoms with Crippen molar-refractivity contribution in [2.45, 2.75) is 20.3 Å². The summed E-state index contributed by atoms with van der Waals surface area (Å²) in [4.78, 5) is 12.2. The van der Waals surface area contributed by atoms with Crippen LogP contribution in [0.5, 0.6) is 5.88 Å². The molecule has 1 N–H and O–H groups in total. The molecule has 4 aromatic rings. The molecule has 0 atom stereocenters. The largest absolute Gasteiger partial charge is 0.466 e. The number of benzene rings is 3. The molecule has 1 heterocycles. The van der Waals surface area contributed by atoms with Crippen molar-refractivity contribution in [1.29, 1.82) is 0 Å². The van der Waals surface area contributed by atoms with Crippen LogP contribution >= 0.6 is 0 Å². The number of aromatic nitrogens is 2. The number of fused-ring (bicyclic) bond motifs is 1. The Morgan fingerprint density at radius 2 is 1.65 bits per heavy atom. The summed E-state index contributed by atoms with van der Waals surface area (Å²) in [5, 5.41) is 13.4. The lowest BCUT2D eigenvalue weighted by Crippen LogP contribution is -2.30. The molecule has 5 nitrogen and oxygen atoms in total. The second-order valence-corrected chi connectivity index (χ2v) is 7.59. The number of carbonyl (C=O) groups excluding carboxylic acids is 1. The second kappa shape index (κ2) is 9.39. The molecule has 31 heavy (non-hydrogen) atoms. The first kappa shape index (κ1) is 20.5. The Hall–Kier alpha value is -3.73. The highest BCUT2D eigenvalue weighted by molar-refractivity contribution is 5.97. The van der Waals surface area contributed by atoms with Crippen LogP contribution in [0, 0.1) is 13.8 Å². The fourth-order valence-electron chi connectivity index (χ4n) is 3.55. The predicted molar refractivity (Wildman–Crippen MR) is 123 cm³/mol. The van der Waals surface area contributed by atoms with Crippen LogP contribution in [0.4, 0.5) is 0 Å². The van der Waals surface area contributed by atoms with Gasteiger partial charge >= 0.3 is 0 Å². The third-order valence-corrected chi connectivity index (χ3v) is 5.22. The number of carbonyl (C=O) groups is 1. The van der Waals surface area contributed by atoms with Crippen molar-refractivity contribution >= 4 is 16.7 Å². The summed E-state index contributed by atoms with van der Waals surface area (Å²) < 4.78 is 5.74. The molecule has 4 rings (SSSR count). The number of ether oxygens (including phenoxy) is 1. The zero-order chi connectivity index (χ0) is 21.6. The lowest BCUT2D eigenvalue weighted by atomic mass is 9.99. The maximum atomic E-state index is 12.2. The SMILES string of the molecule is Cc1ccc(C)c(-c2nnc(OCC(=O)NCCc3ccccc3)c3ccccc23)c1. The standard InChI is InChI=1S/C26H25N3O2/c1-18-12-13-19(2)23(16-18)25-21-10-6-7-11-22(21)26(29-28-25)31-17-24(30)27-15-14-20-8-4-3-5-9-20/h3-13,16H,14-15,17H2,1-2H3,(H,27,30). The molecular weight excluding hydrogens is 386 g/mol. The van der Waals surface area contributed by atoms with E-state index in [2.05, 4.69) is 47.6 Å². The summed E-state index contributed by atoms with van der Waals surface area (Å²) in [7, 11) is 0. The van der Waals surface area contributed by atoms with Crippen molar-refractivity contribution in [1.82, 2.24) is 15.5 Å². The van der Waals surface area contributed by atoms with Crippen LogP contribution in [0.1, 0.15) is 16.7 Å². The van der Waals surface area contributed by atoms with Gasteiger partial charge in [-0.2, -0.15) is 0 Å². The smallest absolute Gasteiger partial charge is 0.258 e. The van der Waals surface area contributed by atoms with E-state index < -0.39 is 0 Å². The highest BCUT2D eigenvalue weighted by Crippen LogP contribution is 2.32. The zero-order valence-corrected chi connectivity index (χ0v) is 17.8. The van der Waals surface area contributed by atoms with Crippen LogP contribution in [0.25, 0.3) is 22.0 Å². The molecule has 0 fully saturated rings. The number of hydrogen-bond donors (Lipinski definition) is 1. The van der Waals surface area contributed by atoms with Crippen LogP contribution in [-0.4, -0.2) is 29.3 Å². The van der Waals surface area contributed by atoms with Gasteiger partial charge in [-0.05, 0) is 43.5 Å². The van der Waals surface area contributed by atoms with Crippen molar-refractivity contribution in [3.8, 4) is 17.1 Å². The number of aryl methyl sites for hydroxylation is 2. The number of nitrogens with one attached hydrogen (secondary N) is 1. The van der Waals surface area contributed by atoms with Gasteiger partial charge in [0.15, 0.2) is 6.61 Å². The third kappa shape index (κ3) is 4.89. The summed E-state index contributed by atoms with van der Waals surface area (Å²) in [5.41, 5.74) is 5.35. The van der Waals surface area contributed by atoms with Gasteiger partial charge in [-0.25, -0.2) is 0 Å². The van der Waals surface area contributed by atoms with E-state index in [1.165, 1.54) is 11.1 Å². The van der Waals surface area contributed by atoms with E-state index in [-0.39, 0.29) is 12.5 Å². The third-order valence-electron chi connectivity index (χ3n) is 5.22. The summed E-state index contributed by atoms with van der Waals surface area (Å²) >= 11 is 0. The fourth-order valence-corrected chi connectivity index (χ4v) is 3.55. The van der Waals surface area contributed by atoms with E-state index in [1.54, 1.807) is 0 Å². The monoisotopic (exact) mass is 411 g/mol. The molecule has 0 aliphatic heterocycles. The molecule has 0 radical (unpaired) electrons. The van der Waals surface area contributed by atoms with Crippen LogP contribution in [0.2, 0.25) is 0 Å². The van der Waals surface area contributed by atoms with Gasteiger partial charge in [0.05, 0.1) is 0 Å². The molecule has 3 aromatic carbocycles. The molecule has 0 spiro atoms. The van der Waals surface area contributed by atoms with Gasteiger partial charge < -0.3 is 10.1 Å². The highest BCUT2D eigenvalue weighted by Gasteiger charge is 2.14. The molecule has 0 aliphatic carbocycles. The molecule has 1 amide bonds. The van der Waals surface area contributed by atoms with E-state index in [0.717, 1.165) is 34.0 Å². The van der Waals surface area contributed by atoms with Gasteiger partial charge in [0, 0.05) is 22.9 Å². The molecule has 0 aliphatic rings. The highest BCUT2D eigenvalue weighted by atomic mass is 16.5. The van der Waals surface area contributed by atoms with Crippen molar-refractivity contribution < 1.29 is 9.53 Å². The summed E-state index contributed by atoms with van der Waals surface area (Å²) in [6, 6.07) is 24.2. The first-order valence-corrected chi connectivity index (χ1v) is 10.4. The number of rotatable bonds is 7. The Bertz CT molecular complexity index is 1210. The first-order valence-electron chi connectivity index (χ1n) is 10.4. The Labute approximate surface area is 182 Å². The molecule has 0 saturated heterocycles. The van der Waals surface area contributed by atoms with Gasteiger partial charge in [0.25, 0.3) is 5.91 Å². The molecule has 156 valence electrons. The fraction of sp³-hybridized carbons (Fsp3) is 0.192. The Morgan fingerprint density at radius 3 is 2.45 bits per heavy atom. The minimum absolute atomic E-state index is 0.101. The number of hydrogen-bond acceptors (Lipinski definition) is 4. The Morgan fingerprint density at radius 1 is 0.903 bits per heavy atom. The summed E-state index contributed by atoms with van der Waals surface area (Å²) in [6.45, 7) is 4.59. The Kier molecular flexibility index (Phi) is 6.22. The predicted octanol–water partition coefficient (Wildman–Crippen LogP) is 4.65. The van der Waals surface area contributed by atoms with E-state index in [4.69, 9.17) is 4.74 Å². The molecular formula is C26H25N3O2. The molecule has 0 unspecified atom stereocenters. The minimum atomic E-state index is -0.180. The van der Waals surface area contributed by atoms with Crippen molar-refractivity contribution in [2.75, 3.05) is 13.2 Å². The number of nitrogens with zero attached hydrogens (tertiary/aromatic N) is 2. The van der Waals surface area contributed by atoms with Gasteiger partial charge in [-0.1, -0.05) is 66.2 Å². The van der Waals surface area contributed by atoms with Crippen LogP contribution in [0.3, 0.4) is 0 Å². The first-order chi connectivity index (χ1) is 15.1. The summed E-state index contributed by atoms with van der Waals surface area (Å²) in [6.07, 6.45) is 0.778. The molecule has 1 aromatic heterocycles. The molecule has 0 saturated carbocycles. The normalized spacial score (nSPS) is 10.8. The topological polar surface area (TPSA) is 64.1 Å². The van der Waals surface area contributed by atoms with E-state index >= 15 is 0 Å². The van der Waals surface area contributed by atoms with Gasteiger partial charge in [0.1, 0.15) is 5.69 Å². The van der Waals surface area contributed by atoms with Crippen LogP contribution in [-0.2, 0) is 11.2 Å². The van der Waals surface area contributed by atoms with E-state index in [9.17, 15) is 4.79 Å². The number of amides is 1. The van der Waals surface area contributed by atoms with Gasteiger partial charge in [-0.3, -0.25) is 4.79 Å². The average Bonchev–Trinajstić information content (AvgIpc) is 2.80. The minimum Gasteiger partial charge on any atom is -0.466 e. The lowest BCUT2D eigenvalue weighted by molar-refractivity contribution is -0.123. The van der Waals surface area contributed by atoms with Crippen molar-refractivity contribution in [3.05, 3.63) is 89.5 Å². The maximum absolute atomic E-state index is 12.2. The van der Waals surface area contributed by atoms with E-state index in [0.29, 0.717) is 12.4 Å². The van der Waals surface area contributed by atoms with Gasteiger partial charge in [0.2, 0.25) is 5.88 Å². The molecule has 0 bridgehead atoms. The second-order valence-electron chi connectivity index (χ2n) is 7.59. The molecule has 5 heteroatoms.